The van der Waals surface area contributed by atoms with Crippen LogP contribution in [-0.4, -0.2) is 23.3 Å². The summed E-state index contributed by atoms with van der Waals surface area (Å²) in [7, 11) is 0. The molecule has 0 saturated carbocycles. The van der Waals surface area contributed by atoms with E-state index >= 15 is 0 Å². The van der Waals surface area contributed by atoms with Crippen LogP contribution < -0.4 is 4.90 Å². The van der Waals surface area contributed by atoms with Gasteiger partial charge in [0, 0.05) is 10.9 Å². The van der Waals surface area contributed by atoms with Gasteiger partial charge in [-0.05, 0) is 45.3 Å². The van der Waals surface area contributed by atoms with Gasteiger partial charge in [-0.25, -0.2) is 0 Å². The molecule has 2 aromatic carbocycles. The fourth-order valence-electron chi connectivity index (χ4n) is 3.14. The Hall–Kier alpha value is -2.24. The van der Waals surface area contributed by atoms with Gasteiger partial charge in [0.05, 0.1) is 18.7 Å². The van der Waals surface area contributed by atoms with Gasteiger partial charge >= 0.3 is 0 Å². The summed E-state index contributed by atoms with van der Waals surface area (Å²) in [5.41, 5.74) is 3.69. The molecule has 1 unspecified atom stereocenters. The van der Waals surface area contributed by atoms with Gasteiger partial charge in [-0.1, -0.05) is 42.5 Å². The van der Waals surface area contributed by atoms with Crippen molar-refractivity contribution in [1.82, 2.24) is 10.2 Å². The maximum absolute atomic E-state index is 5.87. The monoisotopic (exact) mass is 396 g/mol. The summed E-state index contributed by atoms with van der Waals surface area (Å²) < 4.78 is 6.83. The Morgan fingerprint density at radius 3 is 2.56 bits per heavy atom. The minimum Gasteiger partial charge on any atom is -0.415 e. The van der Waals surface area contributed by atoms with E-state index < -0.39 is 0 Å². The van der Waals surface area contributed by atoms with Gasteiger partial charge in [-0.3, -0.25) is 0 Å². The predicted octanol–water partition coefficient (Wildman–Crippen LogP) is 3.37. The van der Waals surface area contributed by atoms with Gasteiger partial charge < -0.3 is 9.32 Å². The molecule has 1 aliphatic rings. The van der Waals surface area contributed by atoms with E-state index in [1.807, 2.05) is 24.3 Å². The van der Waals surface area contributed by atoms with Crippen LogP contribution in [0, 0.1) is 0 Å². The molecule has 1 atom stereocenters. The fourth-order valence-corrected chi connectivity index (χ4v) is 3.59. The summed E-state index contributed by atoms with van der Waals surface area (Å²) in [5, 5.41) is 8.43. The van der Waals surface area contributed by atoms with Crippen LogP contribution in [0.3, 0.4) is 0 Å². The number of halogens is 1. The second-order valence-corrected chi connectivity index (χ2v) is 7.06. The molecule has 0 bridgehead atoms. The second-order valence-electron chi connectivity index (χ2n) is 6.21. The van der Waals surface area contributed by atoms with E-state index in [9.17, 15) is 0 Å². The standard InChI is InChI=1S/C20H18BrN3O/c21-18-9-5-4-8-17(18)20-23-22-19(25-20)14-24-12-10-16(11-13-24)15-6-2-1-3-7-15/h1-10H,11-14H2/p+1. The molecule has 0 aliphatic carbocycles. The molecule has 2 heterocycles. The maximum atomic E-state index is 5.87. The van der Waals surface area contributed by atoms with Crippen LogP contribution in [0.4, 0.5) is 0 Å². The van der Waals surface area contributed by atoms with Crippen molar-refractivity contribution in [1.29, 1.82) is 0 Å². The molecule has 25 heavy (non-hydrogen) atoms. The summed E-state index contributed by atoms with van der Waals surface area (Å²) in [4.78, 5) is 1.45. The molecular formula is C20H19BrN3O+. The van der Waals surface area contributed by atoms with Crippen molar-refractivity contribution < 1.29 is 9.32 Å². The lowest BCUT2D eigenvalue weighted by molar-refractivity contribution is -0.910. The van der Waals surface area contributed by atoms with Crippen molar-refractivity contribution in [3.05, 3.63) is 76.6 Å². The van der Waals surface area contributed by atoms with E-state index in [0.717, 1.165) is 36.1 Å². The van der Waals surface area contributed by atoms with E-state index in [1.54, 1.807) is 0 Å². The number of hydrogen-bond donors (Lipinski definition) is 1. The van der Waals surface area contributed by atoms with Crippen LogP contribution in [-0.2, 0) is 6.54 Å². The number of hydrogen-bond acceptors (Lipinski definition) is 3. The molecule has 1 aliphatic heterocycles. The predicted molar refractivity (Wildman–Crippen MR) is 101 cm³/mol. The normalized spacial score (nSPS) is 17.3. The Morgan fingerprint density at radius 1 is 1.00 bits per heavy atom. The third-order valence-corrected chi connectivity index (χ3v) is 5.19. The van der Waals surface area contributed by atoms with Crippen molar-refractivity contribution in [2.75, 3.05) is 13.1 Å². The van der Waals surface area contributed by atoms with Crippen LogP contribution in [0.15, 0.2) is 69.6 Å². The molecule has 0 saturated heterocycles. The molecule has 126 valence electrons. The van der Waals surface area contributed by atoms with Gasteiger partial charge in [-0.2, -0.15) is 0 Å². The Morgan fingerprint density at radius 2 is 1.80 bits per heavy atom. The van der Waals surface area contributed by atoms with Crippen molar-refractivity contribution in [2.24, 2.45) is 0 Å². The van der Waals surface area contributed by atoms with Gasteiger partial charge in [0.1, 0.15) is 0 Å². The average molecular weight is 397 g/mol. The Bertz CT molecular complexity index is 889. The number of nitrogens with zero attached hydrogens (tertiary/aromatic N) is 2. The van der Waals surface area contributed by atoms with Crippen molar-refractivity contribution in [3.63, 3.8) is 0 Å². The molecule has 4 nitrogen and oxygen atoms in total. The van der Waals surface area contributed by atoms with E-state index in [4.69, 9.17) is 4.42 Å². The lowest BCUT2D eigenvalue weighted by atomic mass is 10.00. The Labute approximate surface area is 155 Å². The van der Waals surface area contributed by atoms with Crippen LogP contribution in [0.2, 0.25) is 0 Å². The minimum atomic E-state index is 0.569. The molecule has 4 rings (SSSR count). The molecule has 0 spiro atoms. The van der Waals surface area contributed by atoms with E-state index in [1.165, 1.54) is 16.0 Å². The Kier molecular flexibility index (Phi) is 4.76. The molecule has 0 fully saturated rings. The summed E-state index contributed by atoms with van der Waals surface area (Å²) in [5.74, 6) is 1.26. The zero-order chi connectivity index (χ0) is 17.1. The highest BCUT2D eigenvalue weighted by atomic mass is 79.9. The van der Waals surface area contributed by atoms with E-state index in [0.29, 0.717) is 11.8 Å². The minimum absolute atomic E-state index is 0.569. The highest BCUT2D eigenvalue weighted by molar-refractivity contribution is 9.10. The van der Waals surface area contributed by atoms with Gasteiger partial charge in [-0.15, -0.1) is 10.2 Å². The van der Waals surface area contributed by atoms with E-state index in [-0.39, 0.29) is 0 Å². The first kappa shape index (κ1) is 16.2. The summed E-state index contributed by atoms with van der Waals surface area (Å²) in [6.45, 7) is 2.82. The van der Waals surface area contributed by atoms with Gasteiger partial charge in [0.2, 0.25) is 5.89 Å². The zero-order valence-electron chi connectivity index (χ0n) is 13.8. The number of rotatable bonds is 4. The van der Waals surface area contributed by atoms with Crippen molar-refractivity contribution in [2.45, 2.75) is 13.0 Å². The molecule has 3 aromatic rings. The second kappa shape index (κ2) is 7.33. The lowest BCUT2D eigenvalue weighted by Gasteiger charge is -2.22. The van der Waals surface area contributed by atoms with Crippen molar-refractivity contribution in [3.8, 4) is 11.5 Å². The molecule has 0 amide bonds. The number of quaternary nitrogens is 1. The quantitative estimate of drug-likeness (QED) is 0.734. The van der Waals surface area contributed by atoms with Gasteiger partial charge in [0.25, 0.3) is 5.89 Å². The smallest absolute Gasteiger partial charge is 0.271 e. The van der Waals surface area contributed by atoms with E-state index in [2.05, 4.69) is 62.5 Å². The topological polar surface area (TPSA) is 43.4 Å². The van der Waals surface area contributed by atoms with Crippen molar-refractivity contribution >= 4 is 21.5 Å². The zero-order valence-corrected chi connectivity index (χ0v) is 15.4. The largest absolute Gasteiger partial charge is 0.415 e. The number of benzene rings is 2. The van der Waals surface area contributed by atoms with Crippen LogP contribution >= 0.6 is 15.9 Å². The first-order valence-electron chi connectivity index (χ1n) is 8.45. The number of nitrogens with one attached hydrogen (secondary N) is 1. The summed E-state index contributed by atoms with van der Waals surface area (Å²) in [6, 6.07) is 18.5. The molecule has 0 radical (unpaired) electrons. The lowest BCUT2D eigenvalue weighted by Crippen LogP contribution is -3.11. The summed E-state index contributed by atoms with van der Waals surface area (Å²) >= 11 is 3.53. The molecule has 1 N–H and O–H groups in total. The highest BCUT2D eigenvalue weighted by Gasteiger charge is 2.20. The first-order valence-corrected chi connectivity index (χ1v) is 9.24. The third-order valence-electron chi connectivity index (χ3n) is 4.50. The first-order chi connectivity index (χ1) is 12.3. The molecular weight excluding hydrogens is 378 g/mol. The van der Waals surface area contributed by atoms with Gasteiger partial charge in [0.15, 0.2) is 6.54 Å². The SMILES string of the molecule is Brc1ccccc1-c1nnc(C[NH+]2CC=C(c3ccccc3)CC2)o1. The fraction of sp³-hybridized carbons (Fsp3) is 0.200. The van der Waals surface area contributed by atoms with Crippen LogP contribution in [0.5, 0.6) is 0 Å². The maximum Gasteiger partial charge on any atom is 0.271 e. The third kappa shape index (κ3) is 3.72. The van der Waals surface area contributed by atoms with Crippen LogP contribution in [0.1, 0.15) is 17.9 Å². The molecule has 1 aromatic heterocycles. The summed E-state index contributed by atoms with van der Waals surface area (Å²) in [6.07, 6.45) is 3.41. The molecule has 5 heteroatoms. The average Bonchev–Trinajstić information content (AvgIpc) is 3.12. The highest BCUT2D eigenvalue weighted by Crippen LogP contribution is 2.26. The number of aromatic nitrogens is 2. The van der Waals surface area contributed by atoms with Crippen LogP contribution in [0.25, 0.3) is 17.0 Å². The Balaban J connectivity index is 1.43.